The first-order chi connectivity index (χ1) is 9.63. The molecule has 20 heavy (non-hydrogen) atoms. The molecule has 2 heterocycles. The summed E-state index contributed by atoms with van der Waals surface area (Å²) in [5, 5.41) is 0. The van der Waals surface area contributed by atoms with Gasteiger partial charge in [-0.1, -0.05) is 0 Å². The molecule has 1 aromatic heterocycles. The van der Waals surface area contributed by atoms with Gasteiger partial charge in [0, 0.05) is 11.6 Å². The van der Waals surface area contributed by atoms with Crippen molar-refractivity contribution < 1.29 is 13.2 Å². The molecule has 105 valence electrons. The second kappa shape index (κ2) is 5.37. The summed E-state index contributed by atoms with van der Waals surface area (Å²) >= 11 is 0. The molecule has 1 aliphatic heterocycles. The van der Waals surface area contributed by atoms with E-state index in [1.807, 2.05) is 30.5 Å². The highest BCUT2D eigenvalue weighted by atomic mass is 19.1. The van der Waals surface area contributed by atoms with Gasteiger partial charge in [0.25, 0.3) is 0 Å². The minimum atomic E-state index is -0.401. The topological polar surface area (TPSA) is 16.4 Å². The Morgan fingerprint density at radius 3 is 2.85 bits per heavy atom. The first-order valence-corrected chi connectivity index (χ1v) is 6.75. The number of nitrogens with zero attached hydrogens (tertiary/aromatic N) is 1. The molecule has 1 atom stereocenters. The van der Waals surface area contributed by atoms with Crippen LogP contribution in [0, 0.1) is 25.1 Å². The van der Waals surface area contributed by atoms with Crippen molar-refractivity contribution >= 4 is 0 Å². The van der Waals surface area contributed by atoms with E-state index in [9.17, 15) is 8.78 Å². The van der Waals surface area contributed by atoms with Gasteiger partial charge >= 0.3 is 0 Å². The number of halogens is 2. The van der Waals surface area contributed by atoms with Crippen molar-refractivity contribution in [2.45, 2.75) is 25.8 Å². The summed E-state index contributed by atoms with van der Waals surface area (Å²) < 4.78 is 32.8. The fourth-order valence-corrected chi connectivity index (χ4v) is 2.73. The van der Waals surface area contributed by atoms with E-state index in [1.165, 1.54) is 12.1 Å². The zero-order valence-corrected chi connectivity index (χ0v) is 11.3. The number of benzene rings is 1. The van der Waals surface area contributed by atoms with Gasteiger partial charge in [0.1, 0.15) is 23.2 Å². The fraction of sp³-hybridized carbons (Fsp3) is 0.312. The molecule has 4 heteroatoms. The molecule has 1 aliphatic rings. The lowest BCUT2D eigenvalue weighted by atomic mass is 10.0. The Morgan fingerprint density at radius 1 is 1.25 bits per heavy atom. The van der Waals surface area contributed by atoms with Crippen LogP contribution in [0.3, 0.4) is 0 Å². The molecule has 2 aromatic rings. The third-order valence-corrected chi connectivity index (χ3v) is 3.67. The summed E-state index contributed by atoms with van der Waals surface area (Å²) in [5.41, 5.74) is 0.419. The molecular weight excluding hydrogens is 260 g/mol. The average molecular weight is 276 g/mol. The summed E-state index contributed by atoms with van der Waals surface area (Å²) in [7, 11) is 0. The van der Waals surface area contributed by atoms with E-state index < -0.39 is 5.82 Å². The minimum Gasteiger partial charge on any atom is -0.465 e. The number of hydrogen-bond donors (Lipinski definition) is 0. The molecule has 1 aromatic carbocycles. The first-order valence-electron chi connectivity index (χ1n) is 6.75. The maximum absolute atomic E-state index is 13.9. The molecular formula is C16H16F2NO. The summed E-state index contributed by atoms with van der Waals surface area (Å²) in [6, 6.07) is 7.28. The van der Waals surface area contributed by atoms with Crippen molar-refractivity contribution in [1.82, 2.24) is 4.90 Å². The van der Waals surface area contributed by atoms with Crippen LogP contribution in [0.2, 0.25) is 0 Å². The zero-order chi connectivity index (χ0) is 14.1. The van der Waals surface area contributed by atoms with Crippen LogP contribution in [0.4, 0.5) is 8.78 Å². The van der Waals surface area contributed by atoms with Gasteiger partial charge in [0.2, 0.25) is 0 Å². The predicted octanol–water partition coefficient (Wildman–Crippen LogP) is 4.21. The maximum Gasteiger partial charge on any atom is 0.128 e. The van der Waals surface area contributed by atoms with Crippen LogP contribution in [-0.4, -0.2) is 11.4 Å². The van der Waals surface area contributed by atoms with Crippen LogP contribution in [0.1, 0.15) is 36.0 Å². The molecule has 0 amide bonds. The van der Waals surface area contributed by atoms with Gasteiger partial charge in [-0.15, -0.1) is 0 Å². The van der Waals surface area contributed by atoms with Gasteiger partial charge < -0.3 is 4.42 Å². The van der Waals surface area contributed by atoms with Crippen molar-refractivity contribution in [1.29, 1.82) is 0 Å². The Hall–Kier alpha value is -1.68. The highest BCUT2D eigenvalue weighted by Gasteiger charge is 2.29. The van der Waals surface area contributed by atoms with Gasteiger partial charge in [0.15, 0.2) is 0 Å². The second-order valence-corrected chi connectivity index (χ2v) is 5.14. The zero-order valence-electron chi connectivity index (χ0n) is 11.3. The van der Waals surface area contributed by atoms with Crippen molar-refractivity contribution in [2.75, 3.05) is 6.54 Å². The van der Waals surface area contributed by atoms with Crippen molar-refractivity contribution in [2.24, 2.45) is 0 Å². The first kappa shape index (κ1) is 13.3. The van der Waals surface area contributed by atoms with Gasteiger partial charge in [0.05, 0.1) is 6.54 Å². The monoisotopic (exact) mass is 276 g/mol. The van der Waals surface area contributed by atoms with E-state index in [2.05, 4.69) is 0 Å². The van der Waals surface area contributed by atoms with Crippen LogP contribution in [0.15, 0.2) is 34.7 Å². The summed E-state index contributed by atoms with van der Waals surface area (Å²) in [4.78, 5) is 2.02. The highest BCUT2D eigenvalue weighted by Crippen LogP contribution is 2.35. The quantitative estimate of drug-likeness (QED) is 0.834. The van der Waals surface area contributed by atoms with E-state index >= 15 is 0 Å². The second-order valence-electron chi connectivity index (χ2n) is 5.14. The van der Waals surface area contributed by atoms with Gasteiger partial charge in [-0.3, -0.25) is 4.90 Å². The Morgan fingerprint density at radius 2 is 2.10 bits per heavy atom. The van der Waals surface area contributed by atoms with Crippen LogP contribution >= 0.6 is 0 Å². The Kier molecular flexibility index (Phi) is 3.57. The van der Waals surface area contributed by atoms with Crippen LogP contribution in [0.25, 0.3) is 0 Å². The maximum atomic E-state index is 13.9. The van der Waals surface area contributed by atoms with Crippen LogP contribution in [-0.2, 0) is 0 Å². The molecule has 1 saturated heterocycles. The van der Waals surface area contributed by atoms with Crippen molar-refractivity contribution in [3.05, 3.63) is 65.6 Å². The lowest BCUT2D eigenvalue weighted by Gasteiger charge is -2.23. The Labute approximate surface area is 117 Å². The molecule has 0 spiro atoms. The van der Waals surface area contributed by atoms with Crippen molar-refractivity contribution in [3.63, 3.8) is 0 Å². The predicted molar refractivity (Wildman–Crippen MR) is 71.9 cm³/mol. The lowest BCUT2D eigenvalue weighted by Crippen LogP contribution is -2.21. The van der Waals surface area contributed by atoms with Crippen molar-refractivity contribution in [3.8, 4) is 0 Å². The molecule has 0 aliphatic carbocycles. The standard InChI is InChI=1S/C16H16F2NO/c1-11-4-6-13(20-11)10-19-8-2-3-16(19)14-9-12(17)5-7-15(14)18/h4-7,9-10,16H,2-3,8H2,1H3/t16-/m1/s1. The summed E-state index contributed by atoms with van der Waals surface area (Å²) in [6.07, 6.45) is 1.77. The van der Waals surface area contributed by atoms with Gasteiger partial charge in [-0.25, -0.2) is 8.78 Å². The minimum absolute atomic E-state index is 0.129. The van der Waals surface area contributed by atoms with E-state index in [1.54, 1.807) is 0 Å². The Bertz CT molecular complexity index is 608. The van der Waals surface area contributed by atoms with Gasteiger partial charge in [-0.2, -0.15) is 0 Å². The molecule has 1 radical (unpaired) electrons. The third-order valence-electron chi connectivity index (χ3n) is 3.67. The number of rotatable bonds is 3. The van der Waals surface area contributed by atoms with Crippen LogP contribution < -0.4 is 0 Å². The molecule has 0 saturated carbocycles. The highest BCUT2D eigenvalue weighted by molar-refractivity contribution is 5.25. The third kappa shape index (κ3) is 2.61. The average Bonchev–Trinajstić information content (AvgIpc) is 3.02. The number of hydrogen-bond acceptors (Lipinski definition) is 2. The molecule has 3 rings (SSSR count). The SMILES string of the molecule is Cc1ccc([CH]N2CCC[C@@H]2c2cc(F)ccc2F)o1. The number of furan rings is 1. The summed E-state index contributed by atoms with van der Waals surface area (Å²) in [6.45, 7) is 4.58. The number of likely N-dealkylation sites (tertiary alicyclic amines) is 1. The van der Waals surface area contributed by atoms with E-state index in [4.69, 9.17) is 4.42 Å². The molecule has 1 fully saturated rings. The summed E-state index contributed by atoms with van der Waals surface area (Å²) in [5.74, 6) is 0.824. The van der Waals surface area contributed by atoms with Gasteiger partial charge in [-0.05, 0) is 56.6 Å². The molecule has 0 bridgehead atoms. The Balaban J connectivity index is 1.83. The molecule has 0 N–H and O–H groups in total. The molecule has 0 unspecified atom stereocenters. The normalized spacial score (nSPS) is 19.6. The number of aryl methyl sites for hydroxylation is 1. The van der Waals surface area contributed by atoms with E-state index in [0.29, 0.717) is 5.56 Å². The van der Waals surface area contributed by atoms with E-state index in [-0.39, 0.29) is 11.9 Å². The smallest absolute Gasteiger partial charge is 0.128 e. The lowest BCUT2D eigenvalue weighted by molar-refractivity contribution is 0.302. The van der Waals surface area contributed by atoms with E-state index in [0.717, 1.165) is 37.0 Å². The molecule has 2 nitrogen and oxygen atoms in total. The fourth-order valence-electron chi connectivity index (χ4n) is 2.73. The largest absolute Gasteiger partial charge is 0.465 e. The van der Waals surface area contributed by atoms with Crippen LogP contribution in [0.5, 0.6) is 0 Å².